The minimum absolute atomic E-state index is 0.253. The predicted octanol–water partition coefficient (Wildman–Crippen LogP) is 1.28. The first kappa shape index (κ1) is 8.03. The van der Waals surface area contributed by atoms with Gasteiger partial charge >= 0.3 is 0 Å². The monoisotopic (exact) mass is 125 g/mol. The highest BCUT2D eigenvalue weighted by molar-refractivity contribution is 5.58. The van der Waals surface area contributed by atoms with Gasteiger partial charge < -0.3 is 4.84 Å². The van der Waals surface area contributed by atoms with E-state index in [2.05, 4.69) is 15.9 Å². The van der Waals surface area contributed by atoms with Crippen LogP contribution in [0.5, 0.6) is 0 Å². The molecule has 0 aliphatic carbocycles. The molecule has 0 aromatic rings. The molecule has 2 nitrogen and oxygen atoms in total. The van der Waals surface area contributed by atoms with Crippen LogP contribution in [0.2, 0.25) is 0 Å². The van der Waals surface area contributed by atoms with Crippen molar-refractivity contribution < 1.29 is 4.84 Å². The van der Waals surface area contributed by atoms with E-state index in [1.807, 2.05) is 13.8 Å². The summed E-state index contributed by atoms with van der Waals surface area (Å²) < 4.78 is 0. The fourth-order valence-corrected chi connectivity index (χ4v) is 0.239. The standard InChI is InChI=1S/C7H11NO/c1-4-5-9-8-6-7(2)3/h1,6-7H,5H2,2-3H3. The van der Waals surface area contributed by atoms with Crippen molar-refractivity contribution in [3.05, 3.63) is 0 Å². The lowest BCUT2D eigenvalue weighted by Gasteiger charge is -1.91. The van der Waals surface area contributed by atoms with Gasteiger partial charge in [0, 0.05) is 6.21 Å². The number of nitrogens with zero attached hydrogens (tertiary/aromatic N) is 1. The van der Waals surface area contributed by atoms with E-state index in [9.17, 15) is 0 Å². The highest BCUT2D eigenvalue weighted by atomic mass is 16.6. The van der Waals surface area contributed by atoms with E-state index in [-0.39, 0.29) is 6.61 Å². The highest BCUT2D eigenvalue weighted by Gasteiger charge is 1.82. The largest absolute Gasteiger partial charge is 0.383 e. The van der Waals surface area contributed by atoms with Crippen LogP contribution in [-0.4, -0.2) is 12.8 Å². The summed E-state index contributed by atoms with van der Waals surface area (Å²) in [7, 11) is 0. The Hall–Kier alpha value is -0.970. The molecule has 0 saturated carbocycles. The Labute approximate surface area is 55.9 Å². The fourth-order valence-electron chi connectivity index (χ4n) is 0.239. The maximum atomic E-state index is 4.90. The zero-order chi connectivity index (χ0) is 7.11. The SMILES string of the molecule is C#CCON=CC(C)C. The van der Waals surface area contributed by atoms with Gasteiger partial charge in [-0.05, 0) is 5.92 Å². The van der Waals surface area contributed by atoms with Gasteiger partial charge in [0.05, 0.1) is 0 Å². The fraction of sp³-hybridized carbons (Fsp3) is 0.571. The minimum Gasteiger partial charge on any atom is -0.383 e. The maximum Gasteiger partial charge on any atom is 0.177 e. The molecule has 0 N–H and O–H groups in total. The van der Waals surface area contributed by atoms with Crippen LogP contribution in [0.25, 0.3) is 0 Å². The zero-order valence-corrected chi connectivity index (χ0v) is 5.79. The van der Waals surface area contributed by atoms with Crippen molar-refractivity contribution in [2.45, 2.75) is 13.8 Å². The Morgan fingerprint density at radius 1 is 1.78 bits per heavy atom. The van der Waals surface area contributed by atoms with E-state index in [1.165, 1.54) is 0 Å². The van der Waals surface area contributed by atoms with E-state index < -0.39 is 0 Å². The summed E-state index contributed by atoms with van der Waals surface area (Å²) in [5.74, 6) is 2.72. The molecule has 0 fully saturated rings. The topological polar surface area (TPSA) is 21.6 Å². The van der Waals surface area contributed by atoms with Crippen molar-refractivity contribution in [3.8, 4) is 12.3 Å². The number of oxime groups is 1. The molecule has 0 aliphatic rings. The van der Waals surface area contributed by atoms with Crippen molar-refractivity contribution in [2.24, 2.45) is 11.1 Å². The van der Waals surface area contributed by atoms with Crippen LogP contribution in [0.15, 0.2) is 5.16 Å². The Balaban J connectivity index is 3.17. The lowest BCUT2D eigenvalue weighted by Crippen LogP contribution is -1.89. The molecule has 0 aliphatic heterocycles. The van der Waals surface area contributed by atoms with Crippen LogP contribution >= 0.6 is 0 Å². The van der Waals surface area contributed by atoms with Crippen molar-refractivity contribution in [3.63, 3.8) is 0 Å². The first-order valence-electron chi connectivity index (χ1n) is 2.86. The Kier molecular flexibility index (Phi) is 4.61. The average molecular weight is 125 g/mol. The van der Waals surface area contributed by atoms with Gasteiger partial charge in [-0.15, -0.1) is 6.42 Å². The van der Waals surface area contributed by atoms with Gasteiger partial charge in [-0.25, -0.2) is 0 Å². The molecule has 0 unspecified atom stereocenters. The summed E-state index contributed by atoms with van der Waals surface area (Å²) in [4.78, 5) is 4.63. The van der Waals surface area contributed by atoms with Crippen molar-refractivity contribution in [1.82, 2.24) is 0 Å². The van der Waals surface area contributed by atoms with Crippen molar-refractivity contribution in [1.29, 1.82) is 0 Å². The van der Waals surface area contributed by atoms with E-state index in [0.29, 0.717) is 5.92 Å². The molecule has 0 bridgehead atoms. The number of terminal acetylenes is 1. The number of rotatable bonds is 3. The molecule has 2 heteroatoms. The molecular weight excluding hydrogens is 114 g/mol. The molecule has 50 valence electrons. The molecule has 0 spiro atoms. The Morgan fingerprint density at radius 2 is 2.44 bits per heavy atom. The van der Waals surface area contributed by atoms with E-state index in [4.69, 9.17) is 6.42 Å². The second kappa shape index (κ2) is 5.17. The molecule has 0 aromatic heterocycles. The third-order valence-corrected chi connectivity index (χ3v) is 0.581. The normalized spacial score (nSPS) is 10.0. The van der Waals surface area contributed by atoms with Gasteiger partial charge in [-0.3, -0.25) is 0 Å². The first-order valence-corrected chi connectivity index (χ1v) is 2.86. The minimum atomic E-state index is 0.253. The highest BCUT2D eigenvalue weighted by Crippen LogP contribution is 1.84. The number of hydrogen-bond donors (Lipinski definition) is 0. The second-order valence-corrected chi connectivity index (χ2v) is 1.98. The average Bonchev–Trinajstić information content (AvgIpc) is 1.80. The van der Waals surface area contributed by atoms with Crippen LogP contribution in [-0.2, 0) is 4.84 Å². The molecule has 0 aromatic carbocycles. The Morgan fingerprint density at radius 3 is 2.89 bits per heavy atom. The van der Waals surface area contributed by atoms with Gasteiger partial charge in [0.25, 0.3) is 0 Å². The van der Waals surface area contributed by atoms with E-state index >= 15 is 0 Å². The molecule has 0 radical (unpaired) electrons. The molecule has 0 rings (SSSR count). The lowest BCUT2D eigenvalue weighted by atomic mass is 10.3. The quantitative estimate of drug-likeness (QED) is 0.241. The zero-order valence-electron chi connectivity index (χ0n) is 5.79. The van der Waals surface area contributed by atoms with Crippen LogP contribution in [0, 0.1) is 18.3 Å². The summed E-state index contributed by atoms with van der Waals surface area (Å²) in [5, 5.41) is 3.59. The first-order chi connectivity index (χ1) is 4.27. The Bertz CT molecular complexity index is 121. The van der Waals surface area contributed by atoms with Crippen LogP contribution in [0.1, 0.15) is 13.8 Å². The molecule has 0 amide bonds. The van der Waals surface area contributed by atoms with Gasteiger partial charge in [-0.1, -0.05) is 24.9 Å². The third kappa shape index (κ3) is 7.03. The van der Waals surface area contributed by atoms with E-state index in [0.717, 1.165) is 0 Å². The van der Waals surface area contributed by atoms with Crippen molar-refractivity contribution in [2.75, 3.05) is 6.61 Å². The summed E-state index contributed by atoms with van der Waals surface area (Å²) in [5.41, 5.74) is 0. The molecular formula is C7H11NO. The lowest BCUT2D eigenvalue weighted by molar-refractivity contribution is 0.180. The second-order valence-electron chi connectivity index (χ2n) is 1.98. The maximum absolute atomic E-state index is 4.90. The smallest absolute Gasteiger partial charge is 0.177 e. The summed E-state index contributed by atoms with van der Waals surface area (Å²) in [6.07, 6.45) is 6.60. The van der Waals surface area contributed by atoms with Crippen LogP contribution in [0.3, 0.4) is 0 Å². The van der Waals surface area contributed by atoms with Gasteiger partial charge in [-0.2, -0.15) is 0 Å². The van der Waals surface area contributed by atoms with E-state index in [1.54, 1.807) is 6.21 Å². The van der Waals surface area contributed by atoms with Crippen LogP contribution in [0.4, 0.5) is 0 Å². The predicted molar refractivity (Wildman–Crippen MR) is 38.1 cm³/mol. The third-order valence-electron chi connectivity index (χ3n) is 0.581. The molecule has 0 saturated heterocycles. The van der Waals surface area contributed by atoms with Gasteiger partial charge in [0.1, 0.15) is 0 Å². The summed E-state index contributed by atoms with van der Waals surface area (Å²) >= 11 is 0. The van der Waals surface area contributed by atoms with Crippen LogP contribution < -0.4 is 0 Å². The molecule has 9 heavy (non-hydrogen) atoms. The van der Waals surface area contributed by atoms with Gasteiger partial charge in [0.2, 0.25) is 0 Å². The summed E-state index contributed by atoms with van der Waals surface area (Å²) in [6, 6.07) is 0. The van der Waals surface area contributed by atoms with Gasteiger partial charge in [0.15, 0.2) is 6.61 Å². The molecule has 0 heterocycles. The molecule has 0 atom stereocenters. The summed E-state index contributed by atoms with van der Waals surface area (Å²) in [6.45, 7) is 4.29. The number of hydrogen-bond acceptors (Lipinski definition) is 2. The van der Waals surface area contributed by atoms with Crippen molar-refractivity contribution >= 4 is 6.21 Å².